The Balaban J connectivity index is 1.51. The maximum atomic E-state index is 13.3. The van der Waals surface area contributed by atoms with E-state index in [-0.39, 0.29) is 17.7 Å². The van der Waals surface area contributed by atoms with Crippen LogP contribution < -0.4 is 5.32 Å². The zero-order valence-corrected chi connectivity index (χ0v) is 19.2. The molecule has 1 aromatic carbocycles. The normalized spacial score (nSPS) is 19.6. The minimum absolute atomic E-state index is 0.0596. The Morgan fingerprint density at radius 3 is 2.61 bits per heavy atom. The standard InChI is InChI=1S/C28H33N3O2/c1-2-15-30-27(33)28(13-18-31(19-14-28)26(32)24-8-4-3-5-9-24)21-22-7-6-10-25(20-22)23-11-16-29-17-12-23/h2-4,6-7,10-12,16-17,20,24H,1,5,8-9,13-15,18-19,21H2,(H,30,33)/t24-/m0/s1. The van der Waals surface area contributed by atoms with Crippen molar-refractivity contribution in [3.8, 4) is 11.1 Å². The van der Waals surface area contributed by atoms with Gasteiger partial charge in [-0.2, -0.15) is 0 Å². The van der Waals surface area contributed by atoms with Crippen molar-refractivity contribution < 1.29 is 9.59 Å². The Labute approximate surface area is 196 Å². The van der Waals surface area contributed by atoms with Gasteiger partial charge in [-0.3, -0.25) is 14.6 Å². The average molecular weight is 444 g/mol. The fraction of sp³-hybridized carbons (Fsp3) is 0.393. The number of carbonyl (C=O) groups is 2. The predicted octanol–water partition coefficient (Wildman–Crippen LogP) is 4.56. The predicted molar refractivity (Wildman–Crippen MR) is 131 cm³/mol. The molecule has 1 saturated heterocycles. The smallest absolute Gasteiger partial charge is 0.226 e. The van der Waals surface area contributed by atoms with Crippen molar-refractivity contribution in [1.82, 2.24) is 15.2 Å². The van der Waals surface area contributed by atoms with E-state index in [0.29, 0.717) is 38.9 Å². The van der Waals surface area contributed by atoms with Crippen LogP contribution in [-0.2, 0) is 16.0 Å². The maximum absolute atomic E-state index is 13.3. The van der Waals surface area contributed by atoms with E-state index in [2.05, 4.69) is 53.3 Å². The lowest BCUT2D eigenvalue weighted by Crippen LogP contribution is -2.52. The zero-order chi connectivity index (χ0) is 23.1. The fourth-order valence-electron chi connectivity index (χ4n) is 5.06. The number of pyridine rings is 1. The van der Waals surface area contributed by atoms with Crippen LogP contribution in [0.5, 0.6) is 0 Å². The Kier molecular flexibility index (Phi) is 7.38. The number of hydrogen-bond acceptors (Lipinski definition) is 3. The lowest BCUT2D eigenvalue weighted by atomic mass is 9.72. The number of nitrogens with one attached hydrogen (secondary N) is 1. The van der Waals surface area contributed by atoms with Crippen molar-refractivity contribution in [1.29, 1.82) is 0 Å². The highest BCUT2D eigenvalue weighted by molar-refractivity contribution is 5.84. The highest BCUT2D eigenvalue weighted by atomic mass is 16.2. The molecular weight excluding hydrogens is 410 g/mol. The summed E-state index contributed by atoms with van der Waals surface area (Å²) in [5.41, 5.74) is 2.84. The molecule has 1 aliphatic carbocycles. The second-order valence-electron chi connectivity index (χ2n) is 9.20. The second-order valence-corrected chi connectivity index (χ2v) is 9.20. The van der Waals surface area contributed by atoms with Gasteiger partial charge in [0.1, 0.15) is 0 Å². The molecule has 2 aromatic rings. The van der Waals surface area contributed by atoms with Crippen LogP contribution in [0.2, 0.25) is 0 Å². The average Bonchev–Trinajstić information content (AvgIpc) is 2.88. The molecule has 2 heterocycles. The van der Waals surface area contributed by atoms with E-state index in [9.17, 15) is 9.59 Å². The molecular formula is C28H33N3O2. The van der Waals surface area contributed by atoms with E-state index in [4.69, 9.17) is 0 Å². The summed E-state index contributed by atoms with van der Waals surface area (Å²) in [5, 5.41) is 3.04. The lowest BCUT2D eigenvalue weighted by Gasteiger charge is -2.42. The summed E-state index contributed by atoms with van der Waals surface area (Å²) in [6.07, 6.45) is 14.3. The van der Waals surface area contributed by atoms with Crippen LogP contribution >= 0.6 is 0 Å². The number of carbonyl (C=O) groups excluding carboxylic acids is 2. The van der Waals surface area contributed by atoms with Gasteiger partial charge >= 0.3 is 0 Å². The van der Waals surface area contributed by atoms with Crippen molar-refractivity contribution in [3.63, 3.8) is 0 Å². The third-order valence-corrected chi connectivity index (χ3v) is 7.02. The summed E-state index contributed by atoms with van der Waals surface area (Å²) in [4.78, 5) is 32.5. The largest absolute Gasteiger partial charge is 0.352 e. The first-order chi connectivity index (χ1) is 16.1. The number of hydrogen-bond donors (Lipinski definition) is 1. The van der Waals surface area contributed by atoms with Crippen molar-refractivity contribution >= 4 is 11.8 Å². The molecule has 0 unspecified atom stereocenters. The van der Waals surface area contributed by atoms with E-state index in [1.165, 1.54) is 0 Å². The van der Waals surface area contributed by atoms with Crippen LogP contribution in [0, 0.1) is 11.3 Å². The molecule has 172 valence electrons. The molecule has 33 heavy (non-hydrogen) atoms. The SMILES string of the molecule is C=CCNC(=O)C1(Cc2cccc(-c3ccncc3)c2)CCN(C(=O)[C@H]2CC=CCC2)CC1. The quantitative estimate of drug-likeness (QED) is 0.638. The van der Waals surface area contributed by atoms with E-state index in [1.54, 1.807) is 18.5 Å². The number of amides is 2. The number of nitrogens with zero attached hydrogens (tertiary/aromatic N) is 2. The highest BCUT2D eigenvalue weighted by Gasteiger charge is 2.42. The molecule has 5 nitrogen and oxygen atoms in total. The molecule has 2 aliphatic rings. The topological polar surface area (TPSA) is 62.3 Å². The van der Waals surface area contributed by atoms with Gasteiger partial charge in [0.2, 0.25) is 11.8 Å². The molecule has 0 bridgehead atoms. The molecule has 0 radical (unpaired) electrons. The Bertz CT molecular complexity index is 1010. The van der Waals surface area contributed by atoms with Crippen LogP contribution in [-0.4, -0.2) is 41.3 Å². The maximum Gasteiger partial charge on any atom is 0.226 e. The first-order valence-electron chi connectivity index (χ1n) is 11.9. The molecule has 1 fully saturated rings. The first kappa shape index (κ1) is 23.0. The summed E-state index contributed by atoms with van der Waals surface area (Å²) in [6.45, 7) is 5.45. The Morgan fingerprint density at radius 1 is 1.12 bits per heavy atom. The molecule has 5 heteroatoms. The number of allylic oxidation sites excluding steroid dienone is 2. The number of likely N-dealkylation sites (tertiary alicyclic amines) is 1. The molecule has 1 aromatic heterocycles. The third-order valence-electron chi connectivity index (χ3n) is 7.02. The molecule has 0 saturated carbocycles. The van der Waals surface area contributed by atoms with E-state index < -0.39 is 5.41 Å². The van der Waals surface area contributed by atoms with Crippen molar-refractivity contribution in [2.45, 2.75) is 38.5 Å². The minimum atomic E-state index is -0.525. The molecule has 4 rings (SSSR count). The van der Waals surface area contributed by atoms with Gasteiger partial charge < -0.3 is 10.2 Å². The van der Waals surface area contributed by atoms with Crippen LogP contribution in [0.3, 0.4) is 0 Å². The van der Waals surface area contributed by atoms with Gasteiger partial charge in [0.05, 0.1) is 5.41 Å². The van der Waals surface area contributed by atoms with Crippen LogP contribution in [0.1, 0.15) is 37.7 Å². The minimum Gasteiger partial charge on any atom is -0.352 e. The van der Waals surface area contributed by atoms with Gasteiger partial charge in [0.15, 0.2) is 0 Å². The third kappa shape index (κ3) is 5.41. The lowest BCUT2D eigenvalue weighted by molar-refractivity contribution is -0.143. The second kappa shape index (κ2) is 10.6. The van der Waals surface area contributed by atoms with Crippen molar-refractivity contribution in [2.24, 2.45) is 11.3 Å². The van der Waals surface area contributed by atoms with Gasteiger partial charge in [0.25, 0.3) is 0 Å². The fourth-order valence-corrected chi connectivity index (χ4v) is 5.06. The van der Waals surface area contributed by atoms with Gasteiger partial charge in [-0.05, 0) is 67.3 Å². The molecule has 1 atom stereocenters. The Morgan fingerprint density at radius 2 is 1.91 bits per heavy atom. The summed E-state index contributed by atoms with van der Waals surface area (Å²) >= 11 is 0. The van der Waals surface area contributed by atoms with Crippen molar-refractivity contribution in [3.05, 3.63) is 79.2 Å². The highest BCUT2D eigenvalue weighted by Crippen LogP contribution is 2.37. The summed E-state index contributed by atoms with van der Waals surface area (Å²) in [5.74, 6) is 0.401. The van der Waals surface area contributed by atoms with Gasteiger partial charge in [-0.25, -0.2) is 0 Å². The molecule has 1 aliphatic heterocycles. The van der Waals surface area contributed by atoms with Gasteiger partial charge in [-0.1, -0.05) is 42.5 Å². The van der Waals surface area contributed by atoms with E-state index >= 15 is 0 Å². The summed E-state index contributed by atoms with van der Waals surface area (Å²) in [6, 6.07) is 12.4. The van der Waals surface area contributed by atoms with Crippen LogP contribution in [0.4, 0.5) is 0 Å². The van der Waals surface area contributed by atoms with Gasteiger partial charge in [0, 0.05) is 37.9 Å². The monoisotopic (exact) mass is 443 g/mol. The zero-order valence-electron chi connectivity index (χ0n) is 19.2. The number of rotatable bonds is 7. The van der Waals surface area contributed by atoms with Crippen molar-refractivity contribution in [2.75, 3.05) is 19.6 Å². The summed E-state index contributed by atoms with van der Waals surface area (Å²) in [7, 11) is 0. The Hall–Kier alpha value is -3.21. The first-order valence-corrected chi connectivity index (χ1v) is 11.9. The number of benzene rings is 1. The van der Waals surface area contributed by atoms with Gasteiger partial charge in [-0.15, -0.1) is 6.58 Å². The summed E-state index contributed by atoms with van der Waals surface area (Å²) < 4.78 is 0. The van der Waals surface area contributed by atoms with E-state index in [1.807, 2.05) is 17.0 Å². The molecule has 2 amide bonds. The number of piperidine rings is 1. The number of aromatic nitrogens is 1. The van der Waals surface area contributed by atoms with E-state index in [0.717, 1.165) is 36.0 Å². The van der Waals surface area contributed by atoms with Crippen LogP contribution in [0.15, 0.2) is 73.6 Å². The van der Waals surface area contributed by atoms with Crippen LogP contribution in [0.25, 0.3) is 11.1 Å². The molecule has 1 N–H and O–H groups in total. The molecule has 0 spiro atoms.